The summed E-state index contributed by atoms with van der Waals surface area (Å²) < 4.78 is 20.1. The normalized spacial score (nSPS) is 13.1. The summed E-state index contributed by atoms with van der Waals surface area (Å²) in [6.45, 7) is 2.34. The molecule has 4 rings (SSSR count). The van der Waals surface area contributed by atoms with Gasteiger partial charge in [-0.25, -0.2) is 4.39 Å². The lowest BCUT2D eigenvalue weighted by Gasteiger charge is -2.30. The number of fused-ring (bicyclic) bond motifs is 1. The molecule has 0 bridgehead atoms. The molecular formula is C22H20FN3O4. The lowest BCUT2D eigenvalue weighted by molar-refractivity contribution is 0.0700. The smallest absolute Gasteiger partial charge is 0.289 e. The van der Waals surface area contributed by atoms with Crippen molar-refractivity contribution < 1.29 is 18.4 Å². The average molecular weight is 409 g/mol. The number of hydrogen-bond donors (Lipinski definition) is 1. The van der Waals surface area contributed by atoms with E-state index in [0.29, 0.717) is 35.5 Å². The molecule has 3 heterocycles. The number of rotatable bonds is 3. The monoisotopic (exact) mass is 409 g/mol. The summed E-state index contributed by atoms with van der Waals surface area (Å²) >= 11 is 0. The van der Waals surface area contributed by atoms with E-state index in [1.165, 1.54) is 35.9 Å². The van der Waals surface area contributed by atoms with Gasteiger partial charge in [-0.2, -0.15) is 0 Å². The van der Waals surface area contributed by atoms with Crippen LogP contribution in [0, 0.1) is 12.7 Å². The predicted molar refractivity (Wildman–Crippen MR) is 107 cm³/mol. The zero-order valence-corrected chi connectivity index (χ0v) is 16.6. The van der Waals surface area contributed by atoms with Gasteiger partial charge >= 0.3 is 0 Å². The van der Waals surface area contributed by atoms with Gasteiger partial charge in [0.2, 0.25) is 0 Å². The molecule has 3 aromatic rings. The number of nitrogens with zero attached hydrogens (tertiary/aromatic N) is 2. The lowest BCUT2D eigenvalue weighted by Crippen LogP contribution is -2.40. The Bertz CT molecular complexity index is 1190. The van der Waals surface area contributed by atoms with Crippen LogP contribution in [0.5, 0.6) is 0 Å². The molecule has 2 amide bonds. The molecule has 0 saturated heterocycles. The maximum Gasteiger partial charge on any atom is 0.289 e. The Morgan fingerprint density at radius 3 is 2.50 bits per heavy atom. The molecule has 0 fully saturated rings. The average Bonchev–Trinajstić information content (AvgIpc) is 3.19. The first-order valence-electron chi connectivity index (χ1n) is 9.50. The molecule has 0 spiro atoms. The van der Waals surface area contributed by atoms with Gasteiger partial charge in [0.25, 0.3) is 17.4 Å². The van der Waals surface area contributed by atoms with Crippen LogP contribution in [0.1, 0.15) is 37.8 Å². The van der Waals surface area contributed by atoms with Crippen LogP contribution >= 0.6 is 0 Å². The van der Waals surface area contributed by atoms with Crippen molar-refractivity contribution in [2.75, 3.05) is 13.6 Å². The summed E-state index contributed by atoms with van der Waals surface area (Å²) in [5, 5.41) is 2.51. The second-order valence-corrected chi connectivity index (χ2v) is 7.13. The van der Waals surface area contributed by atoms with Crippen molar-refractivity contribution >= 4 is 11.8 Å². The fourth-order valence-electron chi connectivity index (χ4n) is 3.69. The van der Waals surface area contributed by atoms with Gasteiger partial charge in [-0.05, 0) is 60.9 Å². The van der Waals surface area contributed by atoms with Gasteiger partial charge in [0.1, 0.15) is 17.1 Å². The Morgan fingerprint density at radius 2 is 1.87 bits per heavy atom. The van der Waals surface area contributed by atoms with Crippen LogP contribution in [0.25, 0.3) is 5.69 Å². The molecule has 0 radical (unpaired) electrons. The van der Waals surface area contributed by atoms with E-state index in [9.17, 15) is 18.8 Å². The number of aromatic nitrogens is 1. The van der Waals surface area contributed by atoms with Crippen LogP contribution in [0.4, 0.5) is 4.39 Å². The molecule has 1 aromatic carbocycles. The third-order valence-electron chi connectivity index (χ3n) is 5.20. The van der Waals surface area contributed by atoms with E-state index in [-0.39, 0.29) is 23.8 Å². The molecule has 0 atom stereocenters. The Kier molecular flexibility index (Phi) is 4.99. The number of amides is 2. The maximum absolute atomic E-state index is 13.3. The Balaban J connectivity index is 1.80. The largest absolute Gasteiger partial charge is 0.456 e. The van der Waals surface area contributed by atoms with Gasteiger partial charge < -0.3 is 14.6 Å². The van der Waals surface area contributed by atoms with Gasteiger partial charge in [-0.15, -0.1) is 0 Å². The number of halogens is 1. The maximum atomic E-state index is 13.3. The zero-order valence-electron chi connectivity index (χ0n) is 16.6. The highest BCUT2D eigenvalue weighted by Crippen LogP contribution is 2.24. The van der Waals surface area contributed by atoms with Gasteiger partial charge in [0.15, 0.2) is 5.76 Å². The van der Waals surface area contributed by atoms with E-state index in [4.69, 9.17) is 4.42 Å². The molecule has 154 valence electrons. The second-order valence-electron chi connectivity index (χ2n) is 7.13. The van der Waals surface area contributed by atoms with Crippen LogP contribution in [-0.4, -0.2) is 34.9 Å². The second kappa shape index (κ2) is 7.62. The summed E-state index contributed by atoms with van der Waals surface area (Å²) in [7, 11) is 1.46. The van der Waals surface area contributed by atoms with Crippen molar-refractivity contribution in [3.8, 4) is 5.69 Å². The van der Waals surface area contributed by atoms with Crippen LogP contribution < -0.4 is 10.9 Å². The van der Waals surface area contributed by atoms with E-state index >= 15 is 0 Å². The standard InChI is InChI=1S/C22H20FN3O4/c1-13-3-8-18(30-13)21(28)25-10-9-17-14(11-25)12-26(16-6-4-15(23)5-7-16)22(29)19(17)20(27)24-2/h3-8,12H,9-11H2,1-2H3,(H,24,27). The highest BCUT2D eigenvalue weighted by atomic mass is 19.1. The molecular weight excluding hydrogens is 389 g/mol. The van der Waals surface area contributed by atoms with Gasteiger partial charge in [-0.3, -0.25) is 19.0 Å². The van der Waals surface area contributed by atoms with E-state index in [1.54, 1.807) is 30.2 Å². The predicted octanol–water partition coefficient (Wildman–Crippen LogP) is 2.44. The number of nitrogens with one attached hydrogen (secondary N) is 1. The molecule has 2 aromatic heterocycles. The van der Waals surface area contributed by atoms with Gasteiger partial charge in [-0.1, -0.05) is 0 Å². The summed E-state index contributed by atoms with van der Waals surface area (Å²) in [6, 6.07) is 8.78. The van der Waals surface area contributed by atoms with E-state index in [0.717, 1.165) is 0 Å². The topological polar surface area (TPSA) is 84.5 Å². The highest BCUT2D eigenvalue weighted by molar-refractivity contribution is 5.96. The number of benzene rings is 1. The Hall–Kier alpha value is -3.68. The van der Waals surface area contributed by atoms with Crippen molar-refractivity contribution in [2.45, 2.75) is 19.9 Å². The van der Waals surface area contributed by atoms with Gasteiger partial charge in [0, 0.05) is 32.0 Å². The van der Waals surface area contributed by atoms with Crippen molar-refractivity contribution in [2.24, 2.45) is 0 Å². The number of pyridine rings is 1. The Labute approximate surface area is 171 Å². The molecule has 8 heteroatoms. The molecule has 1 aliphatic heterocycles. The summed E-state index contributed by atoms with van der Waals surface area (Å²) in [5.41, 5.74) is 1.29. The quantitative estimate of drug-likeness (QED) is 0.720. The van der Waals surface area contributed by atoms with Crippen LogP contribution in [0.3, 0.4) is 0 Å². The molecule has 7 nitrogen and oxygen atoms in total. The highest BCUT2D eigenvalue weighted by Gasteiger charge is 2.29. The van der Waals surface area contributed by atoms with E-state index in [2.05, 4.69) is 5.32 Å². The van der Waals surface area contributed by atoms with Crippen LogP contribution in [0.2, 0.25) is 0 Å². The minimum atomic E-state index is -0.492. The van der Waals surface area contributed by atoms with E-state index in [1.807, 2.05) is 0 Å². The summed E-state index contributed by atoms with van der Waals surface area (Å²) in [4.78, 5) is 40.0. The fourth-order valence-corrected chi connectivity index (χ4v) is 3.69. The van der Waals surface area contributed by atoms with Crippen molar-refractivity contribution in [3.63, 3.8) is 0 Å². The SMILES string of the molecule is CNC(=O)c1c2c(cn(-c3ccc(F)cc3)c1=O)CN(C(=O)c1ccc(C)o1)CC2. The molecule has 0 unspecified atom stereocenters. The first kappa shape index (κ1) is 19.6. The van der Waals surface area contributed by atoms with Gasteiger partial charge in [0.05, 0.1) is 0 Å². The van der Waals surface area contributed by atoms with Crippen LogP contribution in [0.15, 0.2) is 51.8 Å². The minimum Gasteiger partial charge on any atom is -0.456 e. The third-order valence-corrected chi connectivity index (χ3v) is 5.20. The summed E-state index contributed by atoms with van der Waals surface area (Å²) in [6.07, 6.45) is 1.98. The molecule has 0 saturated carbocycles. The fraction of sp³-hybridized carbons (Fsp3) is 0.227. The number of carbonyl (C=O) groups excluding carboxylic acids is 2. The number of furan rings is 1. The third kappa shape index (κ3) is 3.41. The number of hydrogen-bond acceptors (Lipinski definition) is 4. The number of aryl methyl sites for hydroxylation is 1. The zero-order chi connectivity index (χ0) is 21.4. The van der Waals surface area contributed by atoms with Crippen molar-refractivity contribution in [3.05, 3.63) is 87.0 Å². The molecule has 0 aliphatic carbocycles. The molecule has 30 heavy (non-hydrogen) atoms. The van der Waals surface area contributed by atoms with Crippen LogP contribution in [-0.2, 0) is 13.0 Å². The minimum absolute atomic E-state index is 0.0419. The molecule has 1 aliphatic rings. The summed E-state index contributed by atoms with van der Waals surface area (Å²) in [5.74, 6) is -0.289. The lowest BCUT2D eigenvalue weighted by atomic mass is 9.95. The number of carbonyl (C=O) groups is 2. The first-order valence-corrected chi connectivity index (χ1v) is 9.50. The molecule has 1 N–H and O–H groups in total. The van der Waals surface area contributed by atoms with Crippen molar-refractivity contribution in [1.82, 2.24) is 14.8 Å². The van der Waals surface area contributed by atoms with Crippen molar-refractivity contribution in [1.29, 1.82) is 0 Å². The van der Waals surface area contributed by atoms with E-state index < -0.39 is 17.3 Å². The first-order chi connectivity index (χ1) is 14.4. The Morgan fingerprint density at radius 1 is 1.13 bits per heavy atom.